The van der Waals surface area contributed by atoms with Gasteiger partial charge in [-0.25, -0.2) is 4.90 Å². The van der Waals surface area contributed by atoms with Crippen LogP contribution in [0.1, 0.15) is 6.42 Å². The van der Waals surface area contributed by atoms with Crippen LogP contribution in [0.4, 0.5) is 11.4 Å². The smallest absolute Gasteiger partial charge is 0.256 e. The topological polar surface area (TPSA) is 49.4 Å². The summed E-state index contributed by atoms with van der Waals surface area (Å²) in [6.45, 7) is 0. The molecule has 0 bridgehead atoms. The minimum absolute atomic E-state index is 0.0799. The Bertz CT molecular complexity index is 734. The molecule has 1 atom stereocenters. The lowest BCUT2D eigenvalue weighted by Gasteiger charge is -2.16. The van der Waals surface area contributed by atoms with Crippen molar-refractivity contribution in [2.75, 3.05) is 10.2 Å². The molecule has 2 aromatic carbocycles. The third kappa shape index (κ3) is 2.67. The van der Waals surface area contributed by atoms with Gasteiger partial charge >= 0.3 is 0 Å². The van der Waals surface area contributed by atoms with Gasteiger partial charge in [0.2, 0.25) is 5.91 Å². The number of nitrogens with zero attached hydrogens (tertiary/aromatic N) is 1. The quantitative estimate of drug-likeness (QED) is 0.870. The van der Waals surface area contributed by atoms with E-state index < -0.39 is 6.04 Å². The normalized spacial score (nSPS) is 17.9. The second-order valence-electron chi connectivity index (χ2n) is 4.91. The predicted molar refractivity (Wildman–Crippen MR) is 87.4 cm³/mol. The van der Waals surface area contributed by atoms with Crippen molar-refractivity contribution in [2.24, 2.45) is 0 Å². The average Bonchev–Trinajstić information content (AvgIpc) is 2.79. The number of halogens is 2. The number of imide groups is 1. The molecular weight excluding hydrogens is 323 g/mol. The van der Waals surface area contributed by atoms with Gasteiger partial charge in [-0.3, -0.25) is 9.59 Å². The van der Waals surface area contributed by atoms with Crippen LogP contribution in [0, 0.1) is 0 Å². The van der Waals surface area contributed by atoms with Crippen molar-refractivity contribution < 1.29 is 9.59 Å². The van der Waals surface area contributed by atoms with E-state index in [-0.39, 0.29) is 18.2 Å². The molecule has 2 amide bonds. The van der Waals surface area contributed by atoms with E-state index in [1.807, 2.05) is 6.07 Å². The molecule has 0 radical (unpaired) electrons. The SMILES string of the molecule is O=C1C[C@H](Nc2cccc(Cl)c2Cl)C(=O)N1c1ccccc1. The molecule has 1 aliphatic heterocycles. The van der Waals surface area contributed by atoms with Gasteiger partial charge in [0.05, 0.1) is 27.8 Å². The summed E-state index contributed by atoms with van der Waals surface area (Å²) in [7, 11) is 0. The average molecular weight is 335 g/mol. The van der Waals surface area contributed by atoms with E-state index in [0.717, 1.165) is 0 Å². The summed E-state index contributed by atoms with van der Waals surface area (Å²) in [5.74, 6) is -0.543. The van der Waals surface area contributed by atoms with E-state index in [4.69, 9.17) is 23.2 Å². The van der Waals surface area contributed by atoms with Gasteiger partial charge in [0.15, 0.2) is 0 Å². The fraction of sp³-hybridized carbons (Fsp3) is 0.125. The molecule has 0 aromatic heterocycles. The van der Waals surface area contributed by atoms with Gasteiger partial charge < -0.3 is 5.32 Å². The number of hydrogen-bond acceptors (Lipinski definition) is 3. The fourth-order valence-corrected chi connectivity index (χ4v) is 2.75. The molecule has 0 aliphatic carbocycles. The number of benzene rings is 2. The Morgan fingerprint density at radius 2 is 1.73 bits per heavy atom. The summed E-state index contributed by atoms with van der Waals surface area (Å²) in [5.41, 5.74) is 1.11. The number of carbonyl (C=O) groups excluding carboxylic acids is 2. The number of nitrogens with one attached hydrogen (secondary N) is 1. The number of rotatable bonds is 3. The molecule has 6 heteroatoms. The fourth-order valence-electron chi connectivity index (χ4n) is 2.40. The number of para-hydroxylation sites is 1. The molecule has 1 N–H and O–H groups in total. The van der Waals surface area contributed by atoms with Crippen molar-refractivity contribution >= 4 is 46.4 Å². The lowest BCUT2D eigenvalue weighted by molar-refractivity contribution is -0.121. The van der Waals surface area contributed by atoms with E-state index in [1.54, 1.807) is 42.5 Å². The van der Waals surface area contributed by atoms with Crippen LogP contribution in [0.5, 0.6) is 0 Å². The molecular formula is C16H12Cl2N2O2. The lowest BCUT2D eigenvalue weighted by Crippen LogP contribution is -2.34. The first-order chi connectivity index (χ1) is 10.6. The Morgan fingerprint density at radius 3 is 2.45 bits per heavy atom. The van der Waals surface area contributed by atoms with Crippen LogP contribution >= 0.6 is 23.2 Å². The maximum atomic E-state index is 12.5. The molecule has 1 fully saturated rings. The molecule has 2 aromatic rings. The Morgan fingerprint density at radius 1 is 1.00 bits per heavy atom. The zero-order chi connectivity index (χ0) is 15.7. The highest BCUT2D eigenvalue weighted by atomic mass is 35.5. The standard InChI is InChI=1S/C16H12Cl2N2O2/c17-11-7-4-8-12(15(11)18)19-13-9-14(21)20(16(13)22)10-5-2-1-3-6-10/h1-8,13,19H,9H2/t13-/m0/s1. The molecule has 4 nitrogen and oxygen atoms in total. The Labute approximate surface area is 137 Å². The molecule has 112 valence electrons. The van der Waals surface area contributed by atoms with Crippen LogP contribution in [0.3, 0.4) is 0 Å². The zero-order valence-corrected chi connectivity index (χ0v) is 12.9. The molecule has 0 saturated carbocycles. The van der Waals surface area contributed by atoms with E-state index in [2.05, 4.69) is 5.32 Å². The Hall–Kier alpha value is -2.04. The molecule has 3 rings (SSSR count). The minimum Gasteiger partial charge on any atom is -0.372 e. The largest absolute Gasteiger partial charge is 0.372 e. The first-order valence-electron chi connectivity index (χ1n) is 6.70. The van der Waals surface area contributed by atoms with Crippen molar-refractivity contribution in [1.29, 1.82) is 0 Å². The number of hydrogen-bond donors (Lipinski definition) is 1. The van der Waals surface area contributed by atoms with Crippen LogP contribution in [-0.4, -0.2) is 17.9 Å². The number of anilines is 2. The van der Waals surface area contributed by atoms with Gasteiger partial charge in [0.1, 0.15) is 6.04 Å². The summed E-state index contributed by atoms with van der Waals surface area (Å²) in [6, 6.07) is 13.3. The van der Waals surface area contributed by atoms with E-state index >= 15 is 0 Å². The van der Waals surface area contributed by atoms with Crippen molar-refractivity contribution in [3.05, 3.63) is 58.6 Å². The number of carbonyl (C=O) groups is 2. The lowest BCUT2D eigenvalue weighted by atomic mass is 10.2. The summed E-state index contributed by atoms with van der Waals surface area (Å²) < 4.78 is 0. The van der Waals surface area contributed by atoms with Gasteiger partial charge in [-0.05, 0) is 24.3 Å². The van der Waals surface area contributed by atoms with Crippen LogP contribution in [0.15, 0.2) is 48.5 Å². The zero-order valence-electron chi connectivity index (χ0n) is 11.4. The van der Waals surface area contributed by atoms with Gasteiger partial charge in [-0.2, -0.15) is 0 Å². The summed E-state index contributed by atoms with van der Waals surface area (Å²) in [5, 5.41) is 3.73. The maximum Gasteiger partial charge on any atom is 0.256 e. The van der Waals surface area contributed by atoms with E-state index in [0.29, 0.717) is 21.4 Å². The monoisotopic (exact) mass is 334 g/mol. The summed E-state index contributed by atoms with van der Waals surface area (Å²) in [6.07, 6.45) is 0.0799. The van der Waals surface area contributed by atoms with Gasteiger partial charge in [-0.1, -0.05) is 47.5 Å². The van der Waals surface area contributed by atoms with Crippen LogP contribution in [0.2, 0.25) is 10.0 Å². The third-order valence-electron chi connectivity index (χ3n) is 3.44. The second-order valence-corrected chi connectivity index (χ2v) is 5.69. The van der Waals surface area contributed by atoms with Gasteiger partial charge in [0, 0.05) is 0 Å². The first kappa shape index (κ1) is 14.9. The van der Waals surface area contributed by atoms with Crippen molar-refractivity contribution in [1.82, 2.24) is 0 Å². The highest BCUT2D eigenvalue weighted by Gasteiger charge is 2.39. The molecule has 0 unspecified atom stereocenters. The first-order valence-corrected chi connectivity index (χ1v) is 7.46. The third-order valence-corrected chi connectivity index (χ3v) is 4.26. The highest BCUT2D eigenvalue weighted by molar-refractivity contribution is 6.43. The van der Waals surface area contributed by atoms with Crippen LogP contribution in [-0.2, 0) is 9.59 Å². The molecule has 22 heavy (non-hydrogen) atoms. The van der Waals surface area contributed by atoms with Crippen molar-refractivity contribution in [3.8, 4) is 0 Å². The van der Waals surface area contributed by atoms with Gasteiger partial charge in [0.25, 0.3) is 5.91 Å². The molecule has 1 aliphatic rings. The number of amides is 2. The molecule has 1 saturated heterocycles. The van der Waals surface area contributed by atoms with E-state index in [9.17, 15) is 9.59 Å². The van der Waals surface area contributed by atoms with E-state index in [1.165, 1.54) is 4.90 Å². The van der Waals surface area contributed by atoms with Crippen molar-refractivity contribution in [2.45, 2.75) is 12.5 Å². The molecule has 0 spiro atoms. The van der Waals surface area contributed by atoms with Crippen molar-refractivity contribution in [3.63, 3.8) is 0 Å². The van der Waals surface area contributed by atoms with Crippen LogP contribution in [0.25, 0.3) is 0 Å². The summed E-state index contributed by atoms with van der Waals surface area (Å²) in [4.78, 5) is 25.8. The highest BCUT2D eigenvalue weighted by Crippen LogP contribution is 2.32. The minimum atomic E-state index is -0.649. The maximum absolute atomic E-state index is 12.5. The Balaban J connectivity index is 1.84. The summed E-state index contributed by atoms with van der Waals surface area (Å²) >= 11 is 12.1. The Kier molecular flexibility index (Phi) is 4.05. The van der Waals surface area contributed by atoms with Crippen LogP contribution < -0.4 is 10.2 Å². The predicted octanol–water partition coefficient (Wildman–Crippen LogP) is 3.74. The second kappa shape index (κ2) is 5.99. The molecule has 1 heterocycles. The van der Waals surface area contributed by atoms with Gasteiger partial charge in [-0.15, -0.1) is 0 Å².